The van der Waals surface area contributed by atoms with Crippen molar-refractivity contribution in [3.05, 3.63) is 128 Å². The number of ketones is 2. The quantitative estimate of drug-likeness (QED) is 0.0112. The molecule has 4 rings (SSSR count). The average Bonchev–Trinajstić information content (AvgIpc) is 0.759. The highest BCUT2D eigenvalue weighted by Crippen LogP contribution is 2.25. The van der Waals surface area contributed by atoms with Crippen molar-refractivity contribution in [2.24, 2.45) is 17.4 Å². The number of nitrogens with one attached hydrogen (secondary N) is 7. The van der Waals surface area contributed by atoms with Gasteiger partial charge < -0.3 is 114 Å². The number of nitrogens with two attached hydrogens (primary N) is 2. The molecule has 38 nitrogen and oxygen atoms in total. The Labute approximate surface area is 675 Å². The normalized spacial score (nSPS) is 15.2. The fourth-order valence-corrected chi connectivity index (χ4v) is 12.3. The maximum atomic E-state index is 15.1. The van der Waals surface area contributed by atoms with Crippen molar-refractivity contribution in [3.63, 3.8) is 0 Å². The zero-order valence-electron chi connectivity index (χ0n) is 64.3. The van der Waals surface area contributed by atoms with Crippen LogP contribution in [-0.2, 0) is 86.5 Å². The Bertz CT molecular complexity index is 4030. The Morgan fingerprint density at radius 2 is 1.09 bits per heavy atom. The van der Waals surface area contributed by atoms with Crippen LogP contribution in [0.2, 0.25) is 0 Å². The summed E-state index contributed by atoms with van der Waals surface area (Å²) in [4.78, 5) is 185. The van der Waals surface area contributed by atoms with Crippen LogP contribution in [0.15, 0.2) is 82.4 Å². The van der Waals surface area contributed by atoms with Gasteiger partial charge in [-0.15, -0.1) is 0 Å². The number of carboxylic acid groups (broad SMARTS) is 1. The molecule has 0 saturated heterocycles. The Hall–Kier alpha value is -9.89. The van der Waals surface area contributed by atoms with Gasteiger partial charge in [-0.25, -0.2) is 18.4 Å². The molecule has 0 radical (unpaired) electrons. The minimum Gasteiger partial charge on any atom is -0.480 e. The van der Waals surface area contributed by atoms with Crippen LogP contribution in [0.3, 0.4) is 0 Å². The number of unbranched alkanes of at least 4 members (excludes halogenated alkanes) is 4. The summed E-state index contributed by atoms with van der Waals surface area (Å²) in [5.41, 5.74) is 12.5. The van der Waals surface area contributed by atoms with Crippen molar-refractivity contribution in [2.45, 2.75) is 208 Å². The molecule has 0 fully saturated rings. The number of aryl methyl sites for hydroxylation is 1. The molecule has 0 saturated carbocycles. The topological polar surface area (TPSA) is 626 Å². The minimum absolute atomic E-state index is 0.0109. The van der Waals surface area contributed by atoms with Crippen LogP contribution in [0.4, 0.5) is 8.78 Å². The maximum Gasteiger partial charge on any atom is 0.331 e. The van der Waals surface area contributed by atoms with Crippen LogP contribution in [0.5, 0.6) is 0 Å². The molecule has 0 aliphatic carbocycles. The zero-order valence-corrected chi connectivity index (χ0v) is 65.2. The van der Waals surface area contributed by atoms with Gasteiger partial charge in [-0.3, -0.25) is 66.7 Å². The van der Waals surface area contributed by atoms with Gasteiger partial charge in [0, 0.05) is 87.1 Å². The second-order valence-corrected chi connectivity index (χ2v) is 28.2. The third kappa shape index (κ3) is 33.2. The lowest BCUT2D eigenvalue weighted by molar-refractivity contribution is -0.142. The lowest BCUT2D eigenvalue weighted by Gasteiger charge is -2.26. The van der Waals surface area contributed by atoms with E-state index in [2.05, 4.69) is 54.6 Å². The standard InChI is InChI=1S/C76H107F2N11O27S/c1-42-66(74(111)89(35-51(80)44-13-6-5-7-14-44)76(114)88(42)34-47-48(77)16-11-17-49(47)78)45-15-10-12-43(30-45)19-24-62(100)81-28-9-4-2-3-8-18-65(103)84-53(22-26-64(102)83-33-59(97)68(105)70(107)61(99)37-91)57(95)31-46(27-29-115-40-92)71(108)85-52(21-25-63(101)82-32-58(96)67(104)69(106)60(98)36-90)56(94)23-20-50(79)72(109)86-54(38-116-41-93)73(110)87-55(39-117)75(112)113/h5-7,10-17,30,40-41,46,50-55,58-61,67-70,90-91,96-99,104-107,117H,2-4,8-9,18-29,31-39,79-80H2,1H3,(H,81,100)(H,82,101)(H,83,102)(H,84,103)(H,85,108)(H,86,109)(H,87,110)(H,112,113)/t46-,50-,51+,52+,53+,54-,55-,58-,59-,60+,61+,67+,68+,69+,70+/m0/s1. The summed E-state index contributed by atoms with van der Waals surface area (Å²) in [6.45, 7) is -4.03. The van der Waals surface area contributed by atoms with Gasteiger partial charge in [0.25, 0.3) is 18.5 Å². The number of aliphatic hydroxyl groups is 10. The van der Waals surface area contributed by atoms with Gasteiger partial charge in [0.05, 0.1) is 68.8 Å². The van der Waals surface area contributed by atoms with E-state index >= 15 is 8.78 Å². The summed E-state index contributed by atoms with van der Waals surface area (Å²) in [6, 6.07) is 9.65. The molecular weight excluding hydrogens is 1570 g/mol. The highest BCUT2D eigenvalue weighted by molar-refractivity contribution is 7.80. The van der Waals surface area contributed by atoms with E-state index in [0.29, 0.717) is 42.4 Å². The molecule has 0 unspecified atom stereocenters. The SMILES string of the molecule is Cc1c(-c2cccc(CCC(=O)NCCCCCCCC(=O)N[C@H](CCC(=O)NC[C@H](O)[C@@H](O)[C@H](O)[C@H](O)CO)C(=O)C[C@H](CCOC=O)C(=O)N[C@H](CCC(=O)NC[C@H](O)[C@@H](O)[C@H](O)[C@H](O)CO)C(=O)CC[C@H](N)C(=O)N[C@@H](COC=O)C(=O)N[C@@H](CS)C(=O)O)c2)c(=O)n(C[C@@H](N)c2ccccc2)c(=O)n1Cc1c(F)cccc1F. The van der Waals surface area contributed by atoms with Gasteiger partial charge in [0.2, 0.25) is 41.4 Å². The maximum absolute atomic E-state index is 15.1. The summed E-state index contributed by atoms with van der Waals surface area (Å²) >= 11 is 3.86. The summed E-state index contributed by atoms with van der Waals surface area (Å²) in [6.07, 6.45) is -18.5. The van der Waals surface area contributed by atoms with Gasteiger partial charge in [-0.1, -0.05) is 79.9 Å². The predicted molar refractivity (Wildman–Crippen MR) is 413 cm³/mol. The Morgan fingerprint density at radius 1 is 0.556 bits per heavy atom. The minimum atomic E-state index is -2.11. The van der Waals surface area contributed by atoms with Gasteiger partial charge >= 0.3 is 11.7 Å². The van der Waals surface area contributed by atoms with E-state index in [0.717, 1.165) is 21.3 Å². The first kappa shape index (κ1) is 99.5. The molecule has 648 valence electrons. The average molecular weight is 1680 g/mol. The molecule has 7 amide bonds. The van der Waals surface area contributed by atoms with Crippen molar-refractivity contribution >= 4 is 84.5 Å². The highest BCUT2D eigenvalue weighted by Gasteiger charge is 2.36. The monoisotopic (exact) mass is 1680 g/mol. The van der Waals surface area contributed by atoms with E-state index in [1.165, 1.54) is 13.0 Å². The van der Waals surface area contributed by atoms with Gasteiger partial charge in [-0.05, 0) is 80.7 Å². The number of nitrogens with zero attached hydrogens (tertiary/aromatic N) is 2. The number of carboxylic acids is 1. The van der Waals surface area contributed by atoms with Crippen molar-refractivity contribution < 1.29 is 132 Å². The zero-order chi connectivity index (χ0) is 87.0. The molecule has 0 aliphatic rings. The van der Waals surface area contributed by atoms with Crippen LogP contribution in [0.1, 0.15) is 125 Å². The Balaban J connectivity index is 1.48. The lowest BCUT2D eigenvalue weighted by atomic mass is 9.92. The van der Waals surface area contributed by atoms with Crippen molar-refractivity contribution in [2.75, 3.05) is 51.8 Å². The molecule has 0 bridgehead atoms. The number of thiol groups is 1. The third-order valence-corrected chi connectivity index (χ3v) is 19.5. The molecule has 22 N–H and O–H groups in total. The highest BCUT2D eigenvalue weighted by atomic mass is 32.1. The number of hydrogen-bond acceptors (Lipinski definition) is 29. The number of hydrogen-bond donors (Lipinski definition) is 21. The molecule has 1 heterocycles. The first-order valence-corrected chi connectivity index (χ1v) is 38.4. The van der Waals surface area contributed by atoms with Crippen molar-refractivity contribution in [1.82, 2.24) is 46.4 Å². The number of aliphatic hydroxyl groups excluding tert-OH is 10. The van der Waals surface area contributed by atoms with Crippen molar-refractivity contribution in [3.8, 4) is 11.1 Å². The second-order valence-electron chi connectivity index (χ2n) is 27.8. The fraction of sp³-hybridized carbons (Fsp3) is 0.553. The first-order valence-electron chi connectivity index (χ1n) is 37.7. The largest absolute Gasteiger partial charge is 0.480 e. The summed E-state index contributed by atoms with van der Waals surface area (Å²) < 4.78 is 41.6. The molecule has 15 atom stereocenters. The fourth-order valence-electron chi connectivity index (χ4n) is 12.1. The molecule has 0 spiro atoms. The third-order valence-electron chi connectivity index (χ3n) is 19.1. The number of aliphatic carboxylic acids is 1. The number of ether oxygens (including phenoxy) is 2. The Kier molecular flexibility index (Phi) is 44.2. The smallest absolute Gasteiger partial charge is 0.331 e. The summed E-state index contributed by atoms with van der Waals surface area (Å²) in [5.74, 6) is -13.4. The molecule has 1 aromatic heterocycles. The summed E-state index contributed by atoms with van der Waals surface area (Å²) in [5, 5.41) is 125. The first-order chi connectivity index (χ1) is 55.6. The van der Waals surface area contributed by atoms with Crippen LogP contribution in [0, 0.1) is 24.5 Å². The molecule has 41 heteroatoms. The number of carbonyl (C=O) groups is 12. The number of amides is 7. The molecule has 4 aromatic rings. The number of carbonyl (C=O) groups excluding carboxylic acids is 11. The van der Waals surface area contributed by atoms with Gasteiger partial charge in [0.15, 0.2) is 11.6 Å². The number of aromatic nitrogens is 2. The molecular formula is C76H107F2N11O27S. The second kappa shape index (κ2) is 52.0. The van der Waals surface area contributed by atoms with Crippen LogP contribution in [-0.4, -0.2) is 268 Å². The number of benzene rings is 3. The Morgan fingerprint density at radius 3 is 1.67 bits per heavy atom. The van der Waals surface area contributed by atoms with Crippen molar-refractivity contribution in [1.29, 1.82) is 0 Å². The number of rotatable bonds is 58. The van der Waals surface area contributed by atoms with Crippen LogP contribution in [0.25, 0.3) is 11.1 Å². The van der Waals surface area contributed by atoms with E-state index in [1.807, 2.05) is 0 Å². The lowest BCUT2D eigenvalue weighted by Crippen LogP contribution is -2.56. The van der Waals surface area contributed by atoms with E-state index in [1.54, 1.807) is 54.6 Å². The van der Waals surface area contributed by atoms with Crippen LogP contribution >= 0.6 is 12.6 Å². The van der Waals surface area contributed by atoms with Gasteiger partial charge in [-0.2, -0.15) is 12.6 Å². The van der Waals surface area contributed by atoms with E-state index in [-0.39, 0.29) is 68.9 Å². The summed E-state index contributed by atoms with van der Waals surface area (Å²) in [7, 11) is 0. The molecule has 117 heavy (non-hydrogen) atoms. The predicted octanol–water partition coefficient (Wildman–Crippen LogP) is -4.99. The molecule has 0 aliphatic heterocycles. The number of Topliss-reactive ketones (excluding diaryl/α,β-unsaturated/α-hetero) is 2. The van der Waals surface area contributed by atoms with E-state index < -0.39 is 276 Å². The number of halogens is 2. The van der Waals surface area contributed by atoms with Gasteiger partial charge in [0.1, 0.15) is 66.9 Å². The van der Waals surface area contributed by atoms with E-state index in [9.17, 15) is 118 Å². The molecule has 3 aromatic carbocycles. The van der Waals surface area contributed by atoms with Crippen LogP contribution < -0.4 is 59.9 Å². The van der Waals surface area contributed by atoms with E-state index in [4.69, 9.17) is 21.3 Å².